The number of anilines is 1. The van der Waals surface area contributed by atoms with Gasteiger partial charge in [0.15, 0.2) is 17.5 Å². The molecule has 0 fully saturated rings. The lowest BCUT2D eigenvalue weighted by atomic mass is 10.2. The number of rotatable bonds is 9. The first-order chi connectivity index (χ1) is 16.4. The number of fused-ring (bicyclic) bond motifs is 1. The second-order valence-electron chi connectivity index (χ2n) is 7.44. The fourth-order valence-corrected chi connectivity index (χ4v) is 3.43. The van der Waals surface area contributed by atoms with Gasteiger partial charge in [0.05, 0.1) is 26.7 Å². The van der Waals surface area contributed by atoms with Gasteiger partial charge in [0.25, 0.3) is 0 Å². The number of benzene rings is 2. The Morgan fingerprint density at radius 1 is 1.06 bits per heavy atom. The maximum absolute atomic E-state index is 13.4. The van der Waals surface area contributed by atoms with Gasteiger partial charge in [-0.2, -0.15) is 4.98 Å². The summed E-state index contributed by atoms with van der Waals surface area (Å²) in [5.41, 5.74) is 11.0. The monoisotopic (exact) mass is 467 g/mol. The Balaban J connectivity index is 1.67. The molecule has 3 aromatic rings. The number of nitrogens with zero attached hydrogens (tertiary/aromatic N) is 4. The highest BCUT2D eigenvalue weighted by Crippen LogP contribution is 2.32. The molecule has 0 amide bonds. The van der Waals surface area contributed by atoms with Crippen molar-refractivity contribution >= 4 is 11.9 Å². The van der Waals surface area contributed by atoms with E-state index in [-0.39, 0.29) is 44.9 Å². The number of nitrogens with one attached hydrogen (secondary N) is 1. The summed E-state index contributed by atoms with van der Waals surface area (Å²) < 4.78 is 18.4. The number of guanidine groups is 1. The Kier molecular flexibility index (Phi) is 6.67. The van der Waals surface area contributed by atoms with E-state index in [1.54, 1.807) is 37.4 Å². The predicted molar refractivity (Wildman–Crippen MR) is 126 cm³/mol. The number of hydrogen-bond acceptors (Lipinski definition) is 8. The minimum Gasteiger partial charge on any atom is -0.497 e. The molecule has 34 heavy (non-hydrogen) atoms. The lowest BCUT2D eigenvalue weighted by Gasteiger charge is -2.15. The second kappa shape index (κ2) is 9.98. The van der Waals surface area contributed by atoms with Gasteiger partial charge >= 0.3 is 11.4 Å². The normalized spacial score (nSPS) is 11.8. The van der Waals surface area contributed by atoms with Gasteiger partial charge in [0.1, 0.15) is 5.75 Å². The predicted octanol–water partition coefficient (Wildman–Crippen LogP) is -0.0758. The molecule has 0 spiro atoms. The number of aliphatic imine (C=N–C) groups is 1. The second-order valence-corrected chi connectivity index (χ2v) is 7.44. The molecule has 178 valence electrons. The molecule has 5 N–H and O–H groups in total. The maximum atomic E-state index is 13.4. The van der Waals surface area contributed by atoms with Crippen molar-refractivity contribution in [2.45, 2.75) is 13.1 Å². The van der Waals surface area contributed by atoms with Gasteiger partial charge in [-0.3, -0.25) is 9.56 Å². The number of methoxy groups -OCH3 is 1. The molecule has 0 saturated carbocycles. The van der Waals surface area contributed by atoms with Gasteiger partial charge in [-0.25, -0.2) is 14.2 Å². The lowest BCUT2D eigenvalue weighted by molar-refractivity contribution is 0.174. The van der Waals surface area contributed by atoms with Crippen LogP contribution in [-0.2, 0) is 13.1 Å². The van der Waals surface area contributed by atoms with Crippen molar-refractivity contribution in [1.29, 1.82) is 0 Å². The Morgan fingerprint density at radius 3 is 2.50 bits per heavy atom. The standard InChI is InChI=1S/C22H25N7O5/c1-32-16-5-2-14(3-6-16)11-28-20(26-9-8-25-19(23)24)27-21(30)29(22(28)31)12-15-4-7-17-18(10-15)34-13-33-17/h2-7,10H,8-9,11-13H2,1H3,(H4,23,24,25)(H,26,27,30). The quantitative estimate of drug-likeness (QED) is 0.222. The topological polar surface area (TPSA) is 161 Å². The zero-order valence-electron chi connectivity index (χ0n) is 18.6. The molecule has 0 atom stereocenters. The highest BCUT2D eigenvalue weighted by molar-refractivity contribution is 5.75. The van der Waals surface area contributed by atoms with Crippen LogP contribution in [0.4, 0.5) is 5.95 Å². The van der Waals surface area contributed by atoms with Crippen molar-refractivity contribution in [3.05, 3.63) is 74.6 Å². The van der Waals surface area contributed by atoms with E-state index in [9.17, 15) is 9.59 Å². The Morgan fingerprint density at radius 2 is 1.76 bits per heavy atom. The third kappa shape index (κ3) is 5.11. The highest BCUT2D eigenvalue weighted by atomic mass is 16.7. The first-order valence-corrected chi connectivity index (χ1v) is 10.5. The number of hydrogen-bond donors (Lipinski definition) is 3. The van der Waals surface area contributed by atoms with Gasteiger partial charge in [-0.05, 0) is 35.4 Å². The average molecular weight is 467 g/mol. The third-order valence-electron chi connectivity index (χ3n) is 5.12. The van der Waals surface area contributed by atoms with Crippen LogP contribution >= 0.6 is 0 Å². The summed E-state index contributed by atoms with van der Waals surface area (Å²) in [6.45, 7) is 0.870. The number of aromatic nitrogens is 3. The molecule has 0 saturated heterocycles. The molecule has 0 aliphatic carbocycles. The summed E-state index contributed by atoms with van der Waals surface area (Å²) in [6.07, 6.45) is 0. The zero-order chi connectivity index (χ0) is 24.1. The molecule has 0 bridgehead atoms. The van der Waals surface area contributed by atoms with E-state index >= 15 is 0 Å². The Bertz CT molecular complexity index is 1310. The molecular formula is C22H25N7O5. The van der Waals surface area contributed by atoms with Crippen LogP contribution in [-0.4, -0.2) is 47.1 Å². The summed E-state index contributed by atoms with van der Waals surface area (Å²) in [7, 11) is 1.58. The minimum absolute atomic E-state index is 0.0260. The molecule has 2 aromatic carbocycles. The molecular weight excluding hydrogens is 442 g/mol. The molecule has 0 unspecified atom stereocenters. The van der Waals surface area contributed by atoms with E-state index in [1.165, 1.54) is 4.57 Å². The van der Waals surface area contributed by atoms with Gasteiger partial charge in [-0.1, -0.05) is 18.2 Å². The minimum atomic E-state index is -0.682. The van der Waals surface area contributed by atoms with Crippen LogP contribution in [0.1, 0.15) is 11.1 Å². The van der Waals surface area contributed by atoms with Crippen molar-refractivity contribution in [2.75, 3.05) is 32.3 Å². The third-order valence-corrected chi connectivity index (χ3v) is 5.12. The highest BCUT2D eigenvalue weighted by Gasteiger charge is 2.17. The van der Waals surface area contributed by atoms with Crippen LogP contribution < -0.4 is 42.4 Å². The van der Waals surface area contributed by atoms with Gasteiger partial charge < -0.3 is 31.0 Å². The van der Waals surface area contributed by atoms with Crippen LogP contribution in [0, 0.1) is 0 Å². The van der Waals surface area contributed by atoms with Crippen LogP contribution in [0.2, 0.25) is 0 Å². The van der Waals surface area contributed by atoms with Crippen LogP contribution in [0.5, 0.6) is 17.2 Å². The average Bonchev–Trinajstić information content (AvgIpc) is 3.30. The summed E-state index contributed by atoms with van der Waals surface area (Å²) in [5, 5.41) is 2.98. The van der Waals surface area contributed by atoms with Crippen LogP contribution in [0.3, 0.4) is 0 Å². The van der Waals surface area contributed by atoms with Crippen molar-refractivity contribution < 1.29 is 14.2 Å². The maximum Gasteiger partial charge on any atom is 0.355 e. The van der Waals surface area contributed by atoms with E-state index in [1.807, 2.05) is 12.1 Å². The summed E-state index contributed by atoms with van der Waals surface area (Å²) >= 11 is 0. The Hall–Kier alpha value is -4.48. The summed E-state index contributed by atoms with van der Waals surface area (Å²) in [6, 6.07) is 12.5. The largest absolute Gasteiger partial charge is 0.497 e. The van der Waals surface area contributed by atoms with E-state index in [0.717, 1.165) is 10.1 Å². The van der Waals surface area contributed by atoms with Crippen molar-refractivity contribution in [1.82, 2.24) is 14.1 Å². The molecule has 0 radical (unpaired) electrons. The lowest BCUT2D eigenvalue weighted by Crippen LogP contribution is -2.43. The van der Waals surface area contributed by atoms with Gasteiger partial charge in [0, 0.05) is 6.54 Å². The van der Waals surface area contributed by atoms with E-state index in [0.29, 0.717) is 22.8 Å². The van der Waals surface area contributed by atoms with Crippen molar-refractivity contribution in [3.8, 4) is 17.2 Å². The van der Waals surface area contributed by atoms with Gasteiger partial charge in [0.2, 0.25) is 12.7 Å². The summed E-state index contributed by atoms with van der Waals surface area (Å²) in [5.74, 6) is 1.95. The molecule has 4 rings (SSSR count). The Labute approximate surface area is 194 Å². The molecule has 12 nitrogen and oxygen atoms in total. The van der Waals surface area contributed by atoms with Crippen molar-refractivity contribution in [3.63, 3.8) is 0 Å². The zero-order valence-corrected chi connectivity index (χ0v) is 18.6. The van der Waals surface area contributed by atoms with Crippen molar-refractivity contribution in [2.24, 2.45) is 16.5 Å². The van der Waals surface area contributed by atoms with E-state index in [4.69, 9.17) is 25.7 Å². The van der Waals surface area contributed by atoms with Gasteiger partial charge in [-0.15, -0.1) is 0 Å². The fourth-order valence-electron chi connectivity index (χ4n) is 3.43. The van der Waals surface area contributed by atoms with E-state index < -0.39 is 11.4 Å². The molecule has 1 aliphatic heterocycles. The summed E-state index contributed by atoms with van der Waals surface area (Å²) in [4.78, 5) is 34.2. The number of nitrogens with two attached hydrogens (primary N) is 2. The molecule has 2 heterocycles. The first-order valence-electron chi connectivity index (χ1n) is 10.5. The smallest absolute Gasteiger partial charge is 0.355 e. The van der Waals surface area contributed by atoms with E-state index in [2.05, 4.69) is 15.3 Å². The van der Waals surface area contributed by atoms with Crippen LogP contribution in [0.15, 0.2) is 57.0 Å². The molecule has 12 heteroatoms. The number of ether oxygens (including phenoxy) is 3. The molecule has 1 aliphatic rings. The fraction of sp³-hybridized carbons (Fsp3) is 0.273. The first kappa shape index (κ1) is 22.7. The molecule has 1 aromatic heterocycles. The SMILES string of the molecule is COc1ccc(Cn2c(NCCN=C(N)N)nc(=O)n(Cc3ccc4c(c3)OCO4)c2=O)cc1. The van der Waals surface area contributed by atoms with Crippen LogP contribution in [0.25, 0.3) is 0 Å².